The second kappa shape index (κ2) is 10.3. The molecule has 34 heavy (non-hydrogen) atoms. The lowest BCUT2D eigenvalue weighted by atomic mass is 9.82. The lowest BCUT2D eigenvalue weighted by Crippen LogP contribution is -2.50. The number of halogens is 1. The Labute approximate surface area is 202 Å². The molecule has 0 aromatic heterocycles. The maximum absolute atomic E-state index is 13.6. The van der Waals surface area contributed by atoms with Crippen LogP contribution in [0.3, 0.4) is 0 Å². The van der Waals surface area contributed by atoms with Gasteiger partial charge in [-0.2, -0.15) is 0 Å². The molecule has 0 bridgehead atoms. The van der Waals surface area contributed by atoms with Gasteiger partial charge in [0.1, 0.15) is 5.82 Å². The minimum Gasteiger partial charge on any atom is -0.465 e. The van der Waals surface area contributed by atoms with Gasteiger partial charge in [0.25, 0.3) is 0 Å². The molecule has 186 valence electrons. The van der Waals surface area contributed by atoms with Crippen LogP contribution >= 0.6 is 0 Å². The highest BCUT2D eigenvalue weighted by molar-refractivity contribution is 5.65. The van der Waals surface area contributed by atoms with E-state index in [0.717, 1.165) is 24.1 Å². The zero-order chi connectivity index (χ0) is 25.1. The number of fused-ring (bicyclic) bond motifs is 1. The molecule has 7 heteroatoms. The van der Waals surface area contributed by atoms with Crippen molar-refractivity contribution >= 4 is 11.8 Å². The maximum atomic E-state index is 13.6. The van der Waals surface area contributed by atoms with E-state index in [2.05, 4.69) is 68.8 Å². The Morgan fingerprint density at radius 3 is 2.59 bits per heavy atom. The van der Waals surface area contributed by atoms with Crippen LogP contribution in [-0.4, -0.2) is 40.5 Å². The van der Waals surface area contributed by atoms with Gasteiger partial charge >= 0.3 is 6.09 Å². The highest BCUT2D eigenvalue weighted by atomic mass is 19.1. The van der Waals surface area contributed by atoms with Crippen molar-refractivity contribution in [3.05, 3.63) is 65.0 Å². The lowest BCUT2D eigenvalue weighted by Gasteiger charge is -2.40. The summed E-state index contributed by atoms with van der Waals surface area (Å²) in [6.45, 7) is 11.1. The molecular formula is C27H38FN3O3. The largest absolute Gasteiger partial charge is 0.465 e. The second-order valence-electron chi connectivity index (χ2n) is 11.3. The summed E-state index contributed by atoms with van der Waals surface area (Å²) in [7, 11) is 0. The topological polar surface area (TPSA) is 93.6 Å². The third-order valence-electron chi connectivity index (χ3n) is 6.10. The molecule has 3 rings (SSSR count). The van der Waals surface area contributed by atoms with Crippen molar-refractivity contribution in [3.63, 3.8) is 0 Å². The van der Waals surface area contributed by atoms with Crippen LogP contribution in [0.1, 0.15) is 63.8 Å². The minimum absolute atomic E-state index is 0.000432. The highest BCUT2D eigenvalue weighted by Crippen LogP contribution is 2.38. The van der Waals surface area contributed by atoms with Gasteiger partial charge in [-0.05, 0) is 73.4 Å². The first-order valence-electron chi connectivity index (χ1n) is 11.9. The molecular weight excluding hydrogens is 433 g/mol. The summed E-state index contributed by atoms with van der Waals surface area (Å²) in [6.07, 6.45) is -0.250. The number of rotatable bonds is 8. The third-order valence-corrected chi connectivity index (χ3v) is 6.10. The van der Waals surface area contributed by atoms with Gasteiger partial charge in [0.15, 0.2) is 0 Å². The molecule has 1 aliphatic rings. The highest BCUT2D eigenvalue weighted by Gasteiger charge is 2.33. The summed E-state index contributed by atoms with van der Waals surface area (Å²) >= 11 is 0. The van der Waals surface area contributed by atoms with Crippen LogP contribution in [0.25, 0.3) is 0 Å². The van der Waals surface area contributed by atoms with E-state index in [9.17, 15) is 19.4 Å². The lowest BCUT2D eigenvalue weighted by molar-refractivity contribution is 0.113. The smallest absolute Gasteiger partial charge is 0.404 e. The number of carboxylic acid groups (broad SMARTS) is 1. The SMILES string of the molecule is CC(C)(C)Cc1ccc2c(c1)[C@@H](NC[C@H](O)[C@H](Cc1cccc(F)c1)NC(=O)O)CC(C)(C)N2. The number of aliphatic hydroxyl groups is 1. The van der Waals surface area contributed by atoms with Gasteiger partial charge in [-0.1, -0.05) is 45.0 Å². The molecule has 0 radical (unpaired) electrons. The number of amides is 1. The van der Waals surface area contributed by atoms with E-state index in [1.165, 1.54) is 17.7 Å². The first-order valence-corrected chi connectivity index (χ1v) is 11.9. The molecule has 1 amide bonds. The van der Waals surface area contributed by atoms with Crippen molar-refractivity contribution in [1.82, 2.24) is 10.6 Å². The summed E-state index contributed by atoms with van der Waals surface area (Å²) in [5, 5.41) is 29.7. The molecule has 0 unspecified atom stereocenters. The summed E-state index contributed by atoms with van der Waals surface area (Å²) in [5.74, 6) is -0.390. The molecule has 1 aliphatic heterocycles. The molecule has 3 atom stereocenters. The average Bonchev–Trinajstić information content (AvgIpc) is 2.69. The molecule has 1 heterocycles. The zero-order valence-electron chi connectivity index (χ0n) is 20.8. The predicted octanol–water partition coefficient (Wildman–Crippen LogP) is 4.88. The fourth-order valence-corrected chi connectivity index (χ4v) is 4.72. The summed E-state index contributed by atoms with van der Waals surface area (Å²) in [4.78, 5) is 11.4. The average molecular weight is 472 g/mol. The standard InChI is InChI=1S/C27H38FN3O3/c1-26(2,3)14-18-9-10-21-20(12-18)23(15-27(4,5)31-21)29-16-24(32)22(30-25(33)34)13-17-7-6-8-19(28)11-17/h6-12,22-24,29-32H,13-16H2,1-5H3,(H,33,34)/t22-,23-,24-/m0/s1. The number of carbonyl (C=O) groups is 1. The Morgan fingerprint density at radius 2 is 1.94 bits per heavy atom. The molecule has 0 spiro atoms. The van der Waals surface area contributed by atoms with Gasteiger partial charge in [0.05, 0.1) is 12.1 Å². The van der Waals surface area contributed by atoms with Gasteiger partial charge in [0, 0.05) is 23.8 Å². The zero-order valence-corrected chi connectivity index (χ0v) is 20.8. The van der Waals surface area contributed by atoms with Crippen LogP contribution in [0.4, 0.5) is 14.9 Å². The van der Waals surface area contributed by atoms with Crippen molar-refractivity contribution in [1.29, 1.82) is 0 Å². The first-order chi connectivity index (χ1) is 15.8. The quantitative estimate of drug-likeness (QED) is 0.378. The van der Waals surface area contributed by atoms with Gasteiger partial charge < -0.3 is 26.2 Å². The molecule has 0 saturated carbocycles. The van der Waals surface area contributed by atoms with Crippen LogP contribution in [0, 0.1) is 11.2 Å². The van der Waals surface area contributed by atoms with Crippen LogP contribution < -0.4 is 16.0 Å². The second-order valence-corrected chi connectivity index (χ2v) is 11.3. The number of aliphatic hydroxyl groups excluding tert-OH is 1. The summed E-state index contributed by atoms with van der Waals surface area (Å²) in [5.41, 5.74) is 4.14. The molecule has 2 aromatic rings. The fraction of sp³-hybridized carbons (Fsp3) is 0.519. The van der Waals surface area contributed by atoms with Gasteiger partial charge in [0.2, 0.25) is 0 Å². The van der Waals surface area contributed by atoms with Crippen molar-refractivity contribution < 1.29 is 19.4 Å². The van der Waals surface area contributed by atoms with Gasteiger partial charge in [-0.3, -0.25) is 0 Å². The van der Waals surface area contributed by atoms with E-state index in [1.54, 1.807) is 12.1 Å². The predicted molar refractivity (Wildman–Crippen MR) is 134 cm³/mol. The molecule has 6 nitrogen and oxygen atoms in total. The van der Waals surface area contributed by atoms with Crippen molar-refractivity contribution in [2.45, 2.75) is 77.6 Å². The van der Waals surface area contributed by atoms with Gasteiger partial charge in [-0.15, -0.1) is 0 Å². The molecule has 5 N–H and O–H groups in total. The Kier molecular flexibility index (Phi) is 7.88. The first kappa shape index (κ1) is 26.0. The van der Waals surface area contributed by atoms with E-state index < -0.39 is 24.1 Å². The van der Waals surface area contributed by atoms with E-state index in [1.807, 2.05) is 0 Å². The summed E-state index contributed by atoms with van der Waals surface area (Å²) in [6, 6.07) is 11.8. The van der Waals surface area contributed by atoms with E-state index in [0.29, 0.717) is 5.56 Å². The monoisotopic (exact) mass is 471 g/mol. The Bertz CT molecular complexity index is 1000. The molecule has 2 aromatic carbocycles. The number of anilines is 1. The number of hydrogen-bond acceptors (Lipinski definition) is 4. The van der Waals surface area contributed by atoms with Crippen molar-refractivity contribution in [2.75, 3.05) is 11.9 Å². The Morgan fingerprint density at radius 1 is 1.21 bits per heavy atom. The van der Waals surface area contributed by atoms with Crippen LogP contribution in [0.2, 0.25) is 0 Å². The van der Waals surface area contributed by atoms with Crippen molar-refractivity contribution in [2.24, 2.45) is 5.41 Å². The molecule has 0 saturated heterocycles. The number of nitrogens with one attached hydrogen (secondary N) is 3. The molecule has 0 fully saturated rings. The summed E-state index contributed by atoms with van der Waals surface area (Å²) < 4.78 is 13.6. The van der Waals surface area contributed by atoms with Gasteiger partial charge in [-0.25, -0.2) is 9.18 Å². The van der Waals surface area contributed by atoms with E-state index in [-0.39, 0.29) is 30.0 Å². The third kappa shape index (κ3) is 7.43. The number of benzene rings is 2. The Balaban J connectivity index is 1.76. The van der Waals surface area contributed by atoms with Crippen LogP contribution in [0.5, 0.6) is 0 Å². The Hall–Kier alpha value is -2.64. The molecule has 0 aliphatic carbocycles. The van der Waals surface area contributed by atoms with E-state index in [4.69, 9.17) is 0 Å². The van der Waals surface area contributed by atoms with E-state index >= 15 is 0 Å². The van der Waals surface area contributed by atoms with Crippen LogP contribution in [0.15, 0.2) is 42.5 Å². The van der Waals surface area contributed by atoms with Crippen molar-refractivity contribution in [3.8, 4) is 0 Å². The maximum Gasteiger partial charge on any atom is 0.404 e. The van der Waals surface area contributed by atoms with Crippen LogP contribution in [-0.2, 0) is 12.8 Å². The number of hydrogen-bond donors (Lipinski definition) is 5. The normalized spacial score (nSPS) is 19.0. The minimum atomic E-state index is -1.22. The fourth-order valence-electron chi connectivity index (χ4n) is 4.72.